The van der Waals surface area contributed by atoms with Gasteiger partial charge in [0.15, 0.2) is 5.82 Å². The third kappa shape index (κ3) is 6.91. The normalized spacial score (nSPS) is 18.4. The molecule has 0 bridgehead atoms. The van der Waals surface area contributed by atoms with Gasteiger partial charge in [-0.2, -0.15) is 4.98 Å². The number of piperidine rings is 1. The predicted octanol–water partition coefficient (Wildman–Crippen LogP) is 3.56. The molecule has 0 aliphatic carbocycles. The molecule has 2 heterocycles. The second kappa shape index (κ2) is 10.8. The van der Waals surface area contributed by atoms with Gasteiger partial charge >= 0.3 is 0 Å². The van der Waals surface area contributed by atoms with E-state index < -0.39 is 0 Å². The van der Waals surface area contributed by atoms with E-state index in [9.17, 15) is 4.79 Å². The molecule has 154 valence electrons. The van der Waals surface area contributed by atoms with Crippen molar-refractivity contribution in [1.29, 1.82) is 0 Å². The molecule has 1 unspecified atom stereocenters. The van der Waals surface area contributed by atoms with Gasteiger partial charge in [-0.05, 0) is 31.2 Å². The van der Waals surface area contributed by atoms with Gasteiger partial charge in [0.1, 0.15) is 0 Å². The van der Waals surface area contributed by atoms with Crippen LogP contribution in [0.4, 0.5) is 0 Å². The van der Waals surface area contributed by atoms with Gasteiger partial charge in [0.05, 0.1) is 0 Å². The molecule has 1 aromatic heterocycles. The van der Waals surface area contributed by atoms with Crippen LogP contribution in [-0.2, 0) is 17.6 Å². The minimum absolute atomic E-state index is 0.148. The first kappa shape index (κ1) is 21.9. The van der Waals surface area contributed by atoms with Crippen molar-refractivity contribution in [2.45, 2.75) is 79.2 Å². The number of carbonyl (C=O) groups is 1. The van der Waals surface area contributed by atoms with Crippen LogP contribution in [0.25, 0.3) is 0 Å². The molecule has 1 atom stereocenters. The van der Waals surface area contributed by atoms with Crippen LogP contribution in [0.5, 0.6) is 0 Å². The highest BCUT2D eigenvalue weighted by Gasteiger charge is 2.28. The van der Waals surface area contributed by atoms with Crippen molar-refractivity contribution >= 4 is 5.91 Å². The summed E-state index contributed by atoms with van der Waals surface area (Å²) in [6.45, 7) is 14.5. The number of hydrogen-bond acceptors (Lipinski definition) is 5. The van der Waals surface area contributed by atoms with Gasteiger partial charge in [0, 0.05) is 45.4 Å². The molecular formula is C21H38N4O2. The van der Waals surface area contributed by atoms with E-state index in [2.05, 4.69) is 42.7 Å². The summed E-state index contributed by atoms with van der Waals surface area (Å²) in [4.78, 5) is 21.4. The second-order valence-electron chi connectivity index (χ2n) is 8.40. The Morgan fingerprint density at radius 3 is 2.70 bits per heavy atom. The SMILES string of the molecule is CCC(CC)CN1CCCC(N(CCc2noc(CC(C)C)n2)C(C)=O)C1. The standard InChI is InChI=1S/C21H38N4O2/c1-6-18(7-2)14-24-11-8-9-19(15-24)25(17(5)26)12-10-20-22-21(27-23-20)13-16(3)4/h16,18-19H,6-15H2,1-5H3. The second-order valence-corrected chi connectivity index (χ2v) is 8.40. The first-order chi connectivity index (χ1) is 12.9. The predicted molar refractivity (Wildman–Crippen MR) is 107 cm³/mol. The molecule has 6 nitrogen and oxygen atoms in total. The van der Waals surface area contributed by atoms with Crippen LogP contribution >= 0.6 is 0 Å². The van der Waals surface area contributed by atoms with Crippen molar-refractivity contribution in [2.75, 3.05) is 26.2 Å². The van der Waals surface area contributed by atoms with Crippen LogP contribution in [-0.4, -0.2) is 58.1 Å². The third-order valence-corrected chi connectivity index (χ3v) is 5.67. The highest BCUT2D eigenvalue weighted by atomic mass is 16.5. The van der Waals surface area contributed by atoms with E-state index in [0.29, 0.717) is 36.6 Å². The Bertz CT molecular complexity index is 568. The number of amides is 1. The number of aromatic nitrogens is 2. The zero-order valence-corrected chi connectivity index (χ0v) is 17.9. The summed E-state index contributed by atoms with van der Waals surface area (Å²) >= 11 is 0. The number of carbonyl (C=O) groups excluding carboxylic acids is 1. The molecule has 1 aliphatic rings. The summed E-state index contributed by atoms with van der Waals surface area (Å²) < 4.78 is 5.33. The summed E-state index contributed by atoms with van der Waals surface area (Å²) in [6, 6.07) is 0.299. The van der Waals surface area contributed by atoms with Gasteiger partial charge in [0.2, 0.25) is 11.8 Å². The van der Waals surface area contributed by atoms with Crippen molar-refractivity contribution in [3.8, 4) is 0 Å². The number of nitrogens with zero attached hydrogens (tertiary/aromatic N) is 4. The lowest BCUT2D eigenvalue weighted by Gasteiger charge is -2.40. The van der Waals surface area contributed by atoms with Crippen LogP contribution in [0, 0.1) is 11.8 Å². The van der Waals surface area contributed by atoms with Crippen molar-refractivity contribution in [2.24, 2.45) is 11.8 Å². The fourth-order valence-electron chi connectivity index (χ4n) is 4.00. The molecular weight excluding hydrogens is 340 g/mol. The Kier molecular flexibility index (Phi) is 8.74. The van der Waals surface area contributed by atoms with E-state index in [0.717, 1.165) is 44.8 Å². The Balaban J connectivity index is 1.91. The van der Waals surface area contributed by atoms with E-state index in [1.54, 1.807) is 6.92 Å². The van der Waals surface area contributed by atoms with Crippen molar-refractivity contribution in [1.82, 2.24) is 19.9 Å². The zero-order chi connectivity index (χ0) is 19.8. The Hall–Kier alpha value is -1.43. The molecule has 1 saturated heterocycles. The number of likely N-dealkylation sites (tertiary alicyclic amines) is 1. The van der Waals surface area contributed by atoms with Crippen molar-refractivity contribution < 1.29 is 9.32 Å². The van der Waals surface area contributed by atoms with Gasteiger partial charge in [-0.25, -0.2) is 0 Å². The smallest absolute Gasteiger partial charge is 0.226 e. The molecule has 2 rings (SSSR count). The molecule has 1 amide bonds. The maximum absolute atomic E-state index is 12.3. The summed E-state index contributed by atoms with van der Waals surface area (Å²) in [5.74, 6) is 2.81. The van der Waals surface area contributed by atoms with Crippen LogP contribution in [0.2, 0.25) is 0 Å². The molecule has 0 radical (unpaired) electrons. The summed E-state index contributed by atoms with van der Waals surface area (Å²) in [7, 11) is 0. The van der Waals surface area contributed by atoms with Crippen molar-refractivity contribution in [3.05, 3.63) is 11.7 Å². The largest absolute Gasteiger partial charge is 0.339 e. The molecule has 6 heteroatoms. The average molecular weight is 379 g/mol. The first-order valence-corrected chi connectivity index (χ1v) is 10.7. The summed E-state index contributed by atoms with van der Waals surface area (Å²) in [6.07, 6.45) is 6.16. The van der Waals surface area contributed by atoms with E-state index in [4.69, 9.17) is 4.52 Å². The van der Waals surface area contributed by atoms with Gasteiger partial charge in [-0.3, -0.25) is 4.79 Å². The van der Waals surface area contributed by atoms with Gasteiger partial charge in [0.25, 0.3) is 0 Å². The van der Waals surface area contributed by atoms with Gasteiger partial charge in [-0.15, -0.1) is 0 Å². The fourth-order valence-corrected chi connectivity index (χ4v) is 4.00. The third-order valence-electron chi connectivity index (χ3n) is 5.67. The Morgan fingerprint density at radius 1 is 1.33 bits per heavy atom. The number of hydrogen-bond donors (Lipinski definition) is 0. The molecule has 1 fully saturated rings. The van der Waals surface area contributed by atoms with Crippen LogP contribution in [0.1, 0.15) is 72.0 Å². The van der Waals surface area contributed by atoms with Crippen LogP contribution < -0.4 is 0 Å². The lowest BCUT2D eigenvalue weighted by molar-refractivity contribution is -0.132. The van der Waals surface area contributed by atoms with E-state index in [-0.39, 0.29) is 5.91 Å². The van der Waals surface area contributed by atoms with Gasteiger partial charge in [-0.1, -0.05) is 45.7 Å². The van der Waals surface area contributed by atoms with Crippen LogP contribution in [0.15, 0.2) is 4.52 Å². The van der Waals surface area contributed by atoms with Crippen molar-refractivity contribution in [3.63, 3.8) is 0 Å². The summed E-state index contributed by atoms with van der Waals surface area (Å²) in [5.41, 5.74) is 0. The fraction of sp³-hybridized carbons (Fsp3) is 0.857. The lowest BCUT2D eigenvalue weighted by atomic mass is 9.98. The average Bonchev–Trinajstić information content (AvgIpc) is 3.06. The quantitative estimate of drug-likeness (QED) is 0.623. The summed E-state index contributed by atoms with van der Waals surface area (Å²) in [5, 5.41) is 4.09. The molecule has 0 N–H and O–H groups in total. The highest BCUT2D eigenvalue weighted by molar-refractivity contribution is 5.73. The minimum Gasteiger partial charge on any atom is -0.339 e. The molecule has 0 aromatic carbocycles. The monoisotopic (exact) mass is 378 g/mol. The van der Waals surface area contributed by atoms with E-state index in [1.165, 1.54) is 12.8 Å². The van der Waals surface area contributed by atoms with Crippen LogP contribution in [0.3, 0.4) is 0 Å². The Labute approximate surface area is 164 Å². The van der Waals surface area contributed by atoms with E-state index >= 15 is 0 Å². The highest BCUT2D eigenvalue weighted by Crippen LogP contribution is 2.20. The molecule has 1 aliphatic heterocycles. The molecule has 0 saturated carbocycles. The maximum Gasteiger partial charge on any atom is 0.226 e. The topological polar surface area (TPSA) is 62.5 Å². The van der Waals surface area contributed by atoms with E-state index in [1.807, 2.05) is 4.90 Å². The Morgan fingerprint density at radius 2 is 2.07 bits per heavy atom. The lowest BCUT2D eigenvalue weighted by Crippen LogP contribution is -2.51. The van der Waals surface area contributed by atoms with Gasteiger partial charge < -0.3 is 14.3 Å². The zero-order valence-electron chi connectivity index (χ0n) is 17.9. The molecule has 27 heavy (non-hydrogen) atoms. The minimum atomic E-state index is 0.148. The molecule has 1 aromatic rings. The first-order valence-electron chi connectivity index (χ1n) is 10.7. The maximum atomic E-state index is 12.3. The number of rotatable bonds is 10. The molecule has 0 spiro atoms.